The van der Waals surface area contributed by atoms with Crippen LogP contribution in [0, 0.1) is 17.8 Å². The van der Waals surface area contributed by atoms with E-state index in [4.69, 9.17) is 4.74 Å². The minimum absolute atomic E-state index is 0.0138. The molecular formula is C14H24O3. The van der Waals surface area contributed by atoms with Gasteiger partial charge < -0.3 is 4.74 Å². The fourth-order valence-corrected chi connectivity index (χ4v) is 2.45. The van der Waals surface area contributed by atoms with E-state index < -0.39 is 0 Å². The van der Waals surface area contributed by atoms with Crippen molar-refractivity contribution in [3.8, 4) is 0 Å². The standard InChI is InChI=1S/C14H24O3/c1-9(2)13(10(3)4)17-14(16)11-5-7-12(15)8-6-11/h9-11,13H,5-8H2,1-4H3. The number of carbonyl (C=O) groups is 2. The third kappa shape index (κ3) is 4.14. The minimum Gasteiger partial charge on any atom is -0.462 e. The topological polar surface area (TPSA) is 43.4 Å². The maximum absolute atomic E-state index is 12.0. The maximum atomic E-state index is 12.0. The van der Waals surface area contributed by atoms with E-state index in [9.17, 15) is 9.59 Å². The first-order valence-electron chi connectivity index (χ1n) is 6.64. The van der Waals surface area contributed by atoms with Crippen LogP contribution in [0.4, 0.5) is 0 Å². The first-order valence-corrected chi connectivity index (χ1v) is 6.64. The summed E-state index contributed by atoms with van der Waals surface area (Å²) >= 11 is 0. The van der Waals surface area contributed by atoms with E-state index in [0.717, 1.165) is 0 Å². The summed E-state index contributed by atoms with van der Waals surface area (Å²) in [5.41, 5.74) is 0. The van der Waals surface area contributed by atoms with Gasteiger partial charge in [0.05, 0.1) is 5.92 Å². The summed E-state index contributed by atoms with van der Waals surface area (Å²) in [5.74, 6) is 0.782. The van der Waals surface area contributed by atoms with Gasteiger partial charge in [-0.3, -0.25) is 9.59 Å². The Bertz CT molecular complexity index is 263. The van der Waals surface area contributed by atoms with Gasteiger partial charge in [-0.05, 0) is 24.7 Å². The van der Waals surface area contributed by atoms with Crippen molar-refractivity contribution in [3.63, 3.8) is 0 Å². The van der Waals surface area contributed by atoms with Crippen LogP contribution in [0.3, 0.4) is 0 Å². The Morgan fingerprint density at radius 3 is 2.00 bits per heavy atom. The van der Waals surface area contributed by atoms with E-state index in [0.29, 0.717) is 37.5 Å². The van der Waals surface area contributed by atoms with E-state index in [2.05, 4.69) is 27.7 Å². The second-order valence-electron chi connectivity index (χ2n) is 5.70. The molecule has 0 unspecified atom stereocenters. The number of Topliss-reactive ketones (excluding diaryl/α,β-unsaturated/α-hetero) is 1. The largest absolute Gasteiger partial charge is 0.462 e. The van der Waals surface area contributed by atoms with Crippen molar-refractivity contribution in [1.82, 2.24) is 0 Å². The number of esters is 1. The molecular weight excluding hydrogens is 216 g/mol. The molecule has 1 aliphatic carbocycles. The zero-order valence-electron chi connectivity index (χ0n) is 11.4. The third-order valence-corrected chi connectivity index (χ3v) is 3.44. The lowest BCUT2D eigenvalue weighted by molar-refractivity contribution is -0.160. The second-order valence-corrected chi connectivity index (χ2v) is 5.70. The molecule has 1 fully saturated rings. The van der Waals surface area contributed by atoms with Gasteiger partial charge in [-0.15, -0.1) is 0 Å². The Hall–Kier alpha value is -0.860. The number of ether oxygens (including phenoxy) is 1. The molecule has 17 heavy (non-hydrogen) atoms. The van der Waals surface area contributed by atoms with Gasteiger partial charge in [-0.2, -0.15) is 0 Å². The quantitative estimate of drug-likeness (QED) is 0.709. The molecule has 3 heteroatoms. The van der Waals surface area contributed by atoms with Gasteiger partial charge in [0, 0.05) is 12.8 Å². The lowest BCUT2D eigenvalue weighted by Crippen LogP contribution is -2.33. The second kappa shape index (κ2) is 6.18. The lowest BCUT2D eigenvalue weighted by atomic mass is 9.88. The average Bonchev–Trinajstić information content (AvgIpc) is 2.25. The van der Waals surface area contributed by atoms with Crippen LogP contribution in [-0.2, 0) is 14.3 Å². The van der Waals surface area contributed by atoms with Crippen molar-refractivity contribution in [2.75, 3.05) is 0 Å². The number of hydrogen-bond donors (Lipinski definition) is 0. The van der Waals surface area contributed by atoms with Gasteiger partial charge in [0.1, 0.15) is 11.9 Å². The molecule has 0 heterocycles. The molecule has 0 bridgehead atoms. The lowest BCUT2D eigenvalue weighted by Gasteiger charge is -2.28. The van der Waals surface area contributed by atoms with Crippen molar-refractivity contribution in [2.45, 2.75) is 59.5 Å². The van der Waals surface area contributed by atoms with Crippen LogP contribution in [0.25, 0.3) is 0 Å². The highest BCUT2D eigenvalue weighted by molar-refractivity contribution is 5.82. The number of carbonyl (C=O) groups excluding carboxylic acids is 2. The van der Waals surface area contributed by atoms with Crippen molar-refractivity contribution in [1.29, 1.82) is 0 Å². The molecule has 0 saturated heterocycles. The molecule has 0 radical (unpaired) electrons. The maximum Gasteiger partial charge on any atom is 0.309 e. The summed E-state index contributed by atoms with van der Waals surface area (Å²) in [6.45, 7) is 8.29. The number of ketones is 1. The van der Waals surface area contributed by atoms with Crippen molar-refractivity contribution >= 4 is 11.8 Å². The third-order valence-electron chi connectivity index (χ3n) is 3.44. The molecule has 0 spiro atoms. The van der Waals surface area contributed by atoms with E-state index >= 15 is 0 Å². The fraction of sp³-hybridized carbons (Fsp3) is 0.857. The molecule has 0 aromatic carbocycles. The number of rotatable bonds is 4. The molecule has 1 aliphatic rings. The summed E-state index contributed by atoms with van der Waals surface area (Å²) in [4.78, 5) is 23.1. The van der Waals surface area contributed by atoms with Crippen LogP contribution in [-0.4, -0.2) is 17.9 Å². The summed E-state index contributed by atoms with van der Waals surface area (Å²) in [6.07, 6.45) is 2.39. The minimum atomic E-state index is -0.107. The van der Waals surface area contributed by atoms with Crippen LogP contribution >= 0.6 is 0 Å². The Labute approximate surface area is 104 Å². The normalized spacial score (nSPS) is 18.2. The van der Waals surface area contributed by atoms with Crippen molar-refractivity contribution in [3.05, 3.63) is 0 Å². The molecule has 98 valence electrons. The smallest absolute Gasteiger partial charge is 0.309 e. The predicted octanol–water partition coefficient (Wildman–Crippen LogP) is 2.97. The molecule has 0 aromatic heterocycles. The molecule has 1 rings (SSSR count). The average molecular weight is 240 g/mol. The molecule has 3 nitrogen and oxygen atoms in total. The van der Waals surface area contributed by atoms with Crippen molar-refractivity contribution < 1.29 is 14.3 Å². The van der Waals surface area contributed by atoms with Gasteiger partial charge in [0.2, 0.25) is 0 Å². The highest BCUT2D eigenvalue weighted by Crippen LogP contribution is 2.25. The van der Waals surface area contributed by atoms with E-state index in [1.807, 2.05) is 0 Å². The van der Waals surface area contributed by atoms with Crippen LogP contribution in [0.5, 0.6) is 0 Å². The molecule has 0 aliphatic heterocycles. The molecule has 0 amide bonds. The fourth-order valence-electron chi connectivity index (χ4n) is 2.45. The first kappa shape index (κ1) is 14.2. The van der Waals surface area contributed by atoms with Crippen LogP contribution in [0.15, 0.2) is 0 Å². The molecule has 0 aromatic rings. The van der Waals surface area contributed by atoms with Gasteiger partial charge in [-0.25, -0.2) is 0 Å². The monoisotopic (exact) mass is 240 g/mol. The summed E-state index contributed by atoms with van der Waals surface area (Å²) < 4.78 is 5.60. The Kier molecular flexibility index (Phi) is 5.16. The Morgan fingerprint density at radius 2 is 1.59 bits per heavy atom. The predicted molar refractivity (Wildman–Crippen MR) is 66.5 cm³/mol. The van der Waals surface area contributed by atoms with Gasteiger partial charge in [0.25, 0.3) is 0 Å². The number of hydrogen-bond acceptors (Lipinski definition) is 3. The van der Waals surface area contributed by atoms with Crippen LogP contribution in [0.1, 0.15) is 53.4 Å². The molecule has 1 saturated carbocycles. The van der Waals surface area contributed by atoms with Gasteiger partial charge in [0.15, 0.2) is 0 Å². The summed E-state index contributed by atoms with van der Waals surface area (Å²) in [5, 5.41) is 0. The van der Waals surface area contributed by atoms with Gasteiger partial charge in [-0.1, -0.05) is 27.7 Å². The summed E-state index contributed by atoms with van der Waals surface area (Å²) in [6, 6.07) is 0. The van der Waals surface area contributed by atoms with E-state index in [-0.39, 0.29) is 23.8 Å². The molecule has 0 N–H and O–H groups in total. The highest BCUT2D eigenvalue weighted by atomic mass is 16.5. The van der Waals surface area contributed by atoms with E-state index in [1.165, 1.54) is 0 Å². The first-order chi connectivity index (χ1) is 7.91. The SMILES string of the molecule is CC(C)C(OC(=O)C1CCC(=O)CC1)C(C)C. The van der Waals surface area contributed by atoms with E-state index in [1.54, 1.807) is 0 Å². The zero-order valence-corrected chi connectivity index (χ0v) is 11.4. The Balaban J connectivity index is 2.50. The molecule has 0 atom stereocenters. The van der Waals surface area contributed by atoms with Crippen LogP contribution in [0.2, 0.25) is 0 Å². The van der Waals surface area contributed by atoms with Crippen LogP contribution < -0.4 is 0 Å². The van der Waals surface area contributed by atoms with Gasteiger partial charge >= 0.3 is 5.97 Å². The summed E-state index contributed by atoms with van der Waals surface area (Å²) in [7, 11) is 0. The highest BCUT2D eigenvalue weighted by Gasteiger charge is 2.29. The zero-order chi connectivity index (χ0) is 13.0. The van der Waals surface area contributed by atoms with Crippen molar-refractivity contribution in [2.24, 2.45) is 17.8 Å². The Morgan fingerprint density at radius 1 is 1.12 bits per heavy atom.